The number of nitrogens with one attached hydrogen (secondary N) is 1. The molecule has 0 unspecified atom stereocenters. The van der Waals surface area contributed by atoms with E-state index in [2.05, 4.69) is 15.6 Å². The number of ether oxygens (including phenoxy) is 5. The van der Waals surface area contributed by atoms with Crippen molar-refractivity contribution in [2.24, 2.45) is 0 Å². The third-order valence-corrected chi connectivity index (χ3v) is 3.29. The molecular weight excluding hydrogens is 356 g/mol. The molecule has 1 N–H and O–H groups in total. The largest absolute Gasteiger partial charge is 0.379 e. The van der Waals surface area contributed by atoms with Crippen LogP contribution in [0, 0.1) is 0 Å². The number of nitrogens with zero attached hydrogens (tertiary/aromatic N) is 3. The van der Waals surface area contributed by atoms with Gasteiger partial charge in [0.2, 0.25) is 0 Å². The highest BCUT2D eigenvalue weighted by atomic mass is 16.6. The van der Waals surface area contributed by atoms with Gasteiger partial charge in [-0.1, -0.05) is 5.21 Å². The summed E-state index contributed by atoms with van der Waals surface area (Å²) in [5, 5.41) is 11.1. The fraction of sp³-hybridized carbons (Fsp3) is 0.824. The van der Waals surface area contributed by atoms with Crippen LogP contribution >= 0.6 is 0 Å². The number of hydrogen-bond donors (Lipinski definition) is 1. The molecule has 1 aromatic rings. The maximum atomic E-state index is 10.1. The number of rotatable bonds is 20. The molecule has 0 aliphatic carbocycles. The third-order valence-electron chi connectivity index (χ3n) is 3.29. The van der Waals surface area contributed by atoms with Crippen molar-refractivity contribution >= 4 is 6.29 Å². The van der Waals surface area contributed by atoms with Gasteiger partial charge in [0.05, 0.1) is 78.8 Å². The number of carbonyl (C=O) groups excluding carboxylic acids is 1. The van der Waals surface area contributed by atoms with Crippen molar-refractivity contribution in [2.75, 3.05) is 73.1 Å². The van der Waals surface area contributed by atoms with Crippen LogP contribution < -0.4 is 5.32 Å². The van der Waals surface area contributed by atoms with Crippen LogP contribution in [0.5, 0.6) is 0 Å². The van der Waals surface area contributed by atoms with Crippen molar-refractivity contribution in [1.29, 1.82) is 0 Å². The molecule has 1 aromatic heterocycles. The van der Waals surface area contributed by atoms with E-state index in [1.54, 1.807) is 4.68 Å². The normalized spacial score (nSPS) is 11.1. The molecule has 1 heterocycles. The van der Waals surface area contributed by atoms with Crippen LogP contribution in [0.25, 0.3) is 0 Å². The minimum atomic E-state index is 0.423. The predicted molar refractivity (Wildman–Crippen MR) is 97.6 cm³/mol. The second-order valence-corrected chi connectivity index (χ2v) is 5.53. The monoisotopic (exact) mass is 388 g/mol. The van der Waals surface area contributed by atoms with E-state index in [1.807, 2.05) is 13.2 Å². The molecule has 0 saturated carbocycles. The van der Waals surface area contributed by atoms with Crippen molar-refractivity contribution < 1.29 is 28.5 Å². The summed E-state index contributed by atoms with van der Waals surface area (Å²) in [4.78, 5) is 10.1. The smallest absolute Gasteiger partial charge is 0.122 e. The Morgan fingerprint density at radius 2 is 1.56 bits per heavy atom. The summed E-state index contributed by atoms with van der Waals surface area (Å²) < 4.78 is 28.6. The van der Waals surface area contributed by atoms with Crippen LogP contribution in [0.4, 0.5) is 0 Å². The Morgan fingerprint density at radius 3 is 2.19 bits per heavy atom. The molecule has 0 aromatic carbocycles. The van der Waals surface area contributed by atoms with E-state index < -0.39 is 0 Å². The molecule has 27 heavy (non-hydrogen) atoms. The molecule has 0 fully saturated rings. The molecule has 0 spiro atoms. The molecule has 0 radical (unpaired) electrons. The van der Waals surface area contributed by atoms with Gasteiger partial charge in [-0.2, -0.15) is 0 Å². The lowest BCUT2D eigenvalue weighted by atomic mass is 10.5. The molecule has 1 rings (SSSR count). The van der Waals surface area contributed by atoms with Crippen LogP contribution in [-0.2, 0) is 41.6 Å². The van der Waals surface area contributed by atoms with Gasteiger partial charge in [-0.05, 0) is 7.05 Å². The Morgan fingerprint density at radius 1 is 0.926 bits per heavy atom. The Balaban J connectivity index is 1.83. The molecule has 0 aliphatic rings. The van der Waals surface area contributed by atoms with E-state index in [4.69, 9.17) is 23.7 Å². The topological polar surface area (TPSA) is 106 Å². The molecule has 0 bridgehead atoms. The summed E-state index contributed by atoms with van der Waals surface area (Å²) in [5.41, 5.74) is 0.809. The SMILES string of the molecule is CNCCOCc1cn(CCOCCOCCOCCOCCC=O)nn1. The minimum Gasteiger partial charge on any atom is -0.379 e. The van der Waals surface area contributed by atoms with Gasteiger partial charge in [0.1, 0.15) is 12.0 Å². The highest BCUT2D eigenvalue weighted by Gasteiger charge is 2.01. The first kappa shape index (κ1) is 23.6. The van der Waals surface area contributed by atoms with Gasteiger partial charge in [0.25, 0.3) is 0 Å². The van der Waals surface area contributed by atoms with Crippen LogP contribution in [0.1, 0.15) is 12.1 Å². The van der Waals surface area contributed by atoms with Crippen molar-refractivity contribution in [1.82, 2.24) is 20.3 Å². The van der Waals surface area contributed by atoms with Crippen molar-refractivity contribution in [3.63, 3.8) is 0 Å². The first-order valence-electron chi connectivity index (χ1n) is 9.22. The number of aromatic nitrogens is 3. The van der Waals surface area contributed by atoms with E-state index in [-0.39, 0.29) is 0 Å². The highest BCUT2D eigenvalue weighted by molar-refractivity contribution is 5.49. The zero-order valence-electron chi connectivity index (χ0n) is 16.1. The highest BCUT2D eigenvalue weighted by Crippen LogP contribution is 1.96. The lowest BCUT2D eigenvalue weighted by Gasteiger charge is -2.07. The molecule has 0 aliphatic heterocycles. The Bertz CT molecular complexity index is 460. The third kappa shape index (κ3) is 14.3. The number of hydrogen-bond acceptors (Lipinski definition) is 9. The quantitative estimate of drug-likeness (QED) is 0.237. The molecule has 156 valence electrons. The van der Waals surface area contributed by atoms with E-state index >= 15 is 0 Å². The van der Waals surface area contributed by atoms with Gasteiger partial charge in [-0.3, -0.25) is 0 Å². The summed E-state index contributed by atoms with van der Waals surface area (Å²) in [5.74, 6) is 0. The predicted octanol–water partition coefficient (Wildman–Crippen LogP) is -0.330. The second kappa shape index (κ2) is 18.0. The van der Waals surface area contributed by atoms with Crippen LogP contribution in [-0.4, -0.2) is 94.3 Å². The second-order valence-electron chi connectivity index (χ2n) is 5.53. The number of carbonyl (C=O) groups is 1. The molecule has 0 amide bonds. The Hall–Kier alpha value is -1.43. The van der Waals surface area contributed by atoms with Gasteiger partial charge in [-0.15, -0.1) is 5.10 Å². The minimum absolute atomic E-state index is 0.423. The zero-order valence-corrected chi connectivity index (χ0v) is 16.1. The Kier molecular flexibility index (Phi) is 15.7. The van der Waals surface area contributed by atoms with E-state index in [1.165, 1.54) is 0 Å². The van der Waals surface area contributed by atoms with Gasteiger partial charge in [-0.25, -0.2) is 4.68 Å². The molecular formula is C17H32N4O6. The summed E-state index contributed by atoms with van der Waals surface area (Å²) in [6.07, 6.45) is 3.12. The fourth-order valence-corrected chi connectivity index (χ4v) is 1.92. The lowest BCUT2D eigenvalue weighted by molar-refractivity contribution is -0.108. The average molecular weight is 388 g/mol. The summed E-state index contributed by atoms with van der Waals surface area (Å²) in [7, 11) is 1.88. The van der Waals surface area contributed by atoms with Crippen LogP contribution in [0.2, 0.25) is 0 Å². The molecule has 10 heteroatoms. The molecule has 0 saturated heterocycles. The summed E-state index contributed by atoms with van der Waals surface area (Å²) in [6.45, 7) is 6.59. The van der Waals surface area contributed by atoms with E-state index in [9.17, 15) is 4.79 Å². The summed E-state index contributed by atoms with van der Waals surface area (Å²) in [6, 6.07) is 0. The Labute approximate surface area is 160 Å². The lowest BCUT2D eigenvalue weighted by Crippen LogP contribution is -2.14. The zero-order chi connectivity index (χ0) is 19.4. The molecule has 10 nitrogen and oxygen atoms in total. The number of likely N-dealkylation sites (N-methyl/N-ethyl adjacent to an activating group) is 1. The number of aldehydes is 1. The van der Waals surface area contributed by atoms with Crippen LogP contribution in [0.3, 0.4) is 0 Å². The maximum Gasteiger partial charge on any atom is 0.122 e. The maximum absolute atomic E-state index is 10.1. The van der Waals surface area contributed by atoms with Gasteiger partial charge < -0.3 is 33.8 Å². The first-order valence-corrected chi connectivity index (χ1v) is 9.22. The fourth-order valence-electron chi connectivity index (χ4n) is 1.92. The summed E-state index contributed by atoms with van der Waals surface area (Å²) >= 11 is 0. The van der Waals surface area contributed by atoms with Gasteiger partial charge >= 0.3 is 0 Å². The molecule has 0 atom stereocenters. The van der Waals surface area contributed by atoms with Crippen molar-refractivity contribution in [3.05, 3.63) is 11.9 Å². The van der Waals surface area contributed by atoms with Crippen LogP contribution in [0.15, 0.2) is 6.20 Å². The first-order chi connectivity index (χ1) is 13.4. The van der Waals surface area contributed by atoms with E-state index in [0.717, 1.165) is 18.5 Å². The van der Waals surface area contributed by atoms with Crippen molar-refractivity contribution in [3.8, 4) is 0 Å². The van der Waals surface area contributed by atoms with Crippen molar-refractivity contribution in [2.45, 2.75) is 19.6 Å². The van der Waals surface area contributed by atoms with Gasteiger partial charge in [0, 0.05) is 13.0 Å². The van der Waals surface area contributed by atoms with Gasteiger partial charge in [0.15, 0.2) is 0 Å². The van der Waals surface area contributed by atoms with E-state index in [0.29, 0.717) is 79.0 Å². The average Bonchev–Trinajstić information content (AvgIpc) is 3.13. The standard InChI is InChI=1S/C17H32N4O6/c1-18-3-7-27-16-17-15-21(20-19-17)4-8-24-10-12-26-14-13-25-11-9-23-6-2-5-22/h5,15,18H,2-4,6-14,16H2,1H3.